The van der Waals surface area contributed by atoms with Crippen molar-refractivity contribution in [3.8, 4) is 11.3 Å². The second-order valence-electron chi connectivity index (χ2n) is 8.35. The third-order valence-corrected chi connectivity index (χ3v) is 6.09. The molecule has 30 heavy (non-hydrogen) atoms. The third kappa shape index (κ3) is 3.10. The molecular weight excluding hydrogens is 381 g/mol. The second-order valence-corrected chi connectivity index (χ2v) is 8.35. The van der Waals surface area contributed by atoms with Gasteiger partial charge in [-0.3, -0.25) is 4.79 Å². The molecule has 1 aromatic carbocycles. The number of imidazole rings is 1. The highest BCUT2D eigenvalue weighted by molar-refractivity contribution is 5.86. The number of hydrogen-bond donors (Lipinski definition) is 0. The zero-order chi connectivity index (χ0) is 21.0. The van der Waals surface area contributed by atoms with Crippen LogP contribution in [0.4, 0.5) is 4.39 Å². The molecule has 0 bridgehead atoms. The zero-order valence-corrected chi connectivity index (χ0v) is 17.4. The Morgan fingerprint density at radius 1 is 1.13 bits per heavy atom. The van der Waals surface area contributed by atoms with Crippen molar-refractivity contribution in [1.82, 2.24) is 24.1 Å². The summed E-state index contributed by atoms with van der Waals surface area (Å²) in [6.07, 6.45) is 5.46. The Morgan fingerprint density at radius 3 is 2.67 bits per heavy atom. The van der Waals surface area contributed by atoms with Gasteiger partial charge in [0.25, 0.3) is 5.56 Å². The summed E-state index contributed by atoms with van der Waals surface area (Å²) in [5, 5.41) is 5.34. The number of nitrogens with zero attached hydrogens (tertiary/aromatic N) is 5. The van der Waals surface area contributed by atoms with Gasteiger partial charge < -0.3 is 9.47 Å². The van der Waals surface area contributed by atoms with Crippen molar-refractivity contribution in [2.75, 3.05) is 20.1 Å². The average Bonchev–Trinajstić information content (AvgIpc) is 3.09. The van der Waals surface area contributed by atoms with Gasteiger partial charge in [0.2, 0.25) is 0 Å². The number of hydrogen-bond acceptors (Lipinski definition) is 4. The van der Waals surface area contributed by atoms with Crippen LogP contribution in [-0.2, 0) is 0 Å². The van der Waals surface area contributed by atoms with Gasteiger partial charge in [0.15, 0.2) is 5.65 Å². The van der Waals surface area contributed by atoms with Crippen LogP contribution in [0.1, 0.15) is 30.1 Å². The summed E-state index contributed by atoms with van der Waals surface area (Å²) in [5.74, 6) is -0.504. The van der Waals surface area contributed by atoms with E-state index < -0.39 is 5.82 Å². The van der Waals surface area contributed by atoms with E-state index >= 15 is 4.39 Å². The summed E-state index contributed by atoms with van der Waals surface area (Å²) in [5.41, 5.74) is 3.67. The maximum atomic E-state index is 15.2. The van der Waals surface area contributed by atoms with E-state index in [0.717, 1.165) is 42.8 Å². The molecule has 1 aliphatic heterocycles. The van der Waals surface area contributed by atoms with E-state index in [0.29, 0.717) is 16.6 Å². The fourth-order valence-corrected chi connectivity index (χ4v) is 4.44. The molecule has 0 aliphatic carbocycles. The first-order valence-corrected chi connectivity index (χ1v) is 10.3. The van der Waals surface area contributed by atoms with Crippen molar-refractivity contribution in [3.63, 3.8) is 0 Å². The first-order chi connectivity index (χ1) is 14.4. The smallest absolute Gasteiger partial charge is 0.261 e. The monoisotopic (exact) mass is 405 g/mol. The lowest BCUT2D eigenvalue weighted by molar-refractivity contribution is 0.219. The van der Waals surface area contributed by atoms with Crippen molar-refractivity contribution >= 4 is 16.4 Å². The molecule has 4 heterocycles. The van der Waals surface area contributed by atoms with Gasteiger partial charge in [-0.15, -0.1) is 0 Å². The minimum Gasteiger partial charge on any atom is -0.312 e. The van der Waals surface area contributed by atoms with E-state index in [1.54, 1.807) is 9.08 Å². The lowest BCUT2D eigenvalue weighted by Gasteiger charge is -2.30. The van der Waals surface area contributed by atoms with Crippen LogP contribution in [0.2, 0.25) is 0 Å². The molecule has 1 aliphatic rings. The largest absolute Gasteiger partial charge is 0.312 e. The lowest BCUT2D eigenvalue weighted by Crippen LogP contribution is -2.35. The third-order valence-electron chi connectivity index (χ3n) is 6.09. The summed E-state index contributed by atoms with van der Waals surface area (Å²) in [6, 6.07) is 7.13. The first kappa shape index (κ1) is 18.9. The van der Waals surface area contributed by atoms with Gasteiger partial charge in [-0.2, -0.15) is 5.10 Å². The summed E-state index contributed by atoms with van der Waals surface area (Å²) in [6.45, 7) is 5.76. The van der Waals surface area contributed by atoms with Crippen LogP contribution < -0.4 is 5.56 Å². The fourth-order valence-electron chi connectivity index (χ4n) is 4.44. The lowest BCUT2D eigenvalue weighted by atomic mass is 10.0. The summed E-state index contributed by atoms with van der Waals surface area (Å²) in [4.78, 5) is 19.8. The van der Waals surface area contributed by atoms with Gasteiger partial charge >= 0.3 is 0 Å². The molecule has 0 amide bonds. The Balaban J connectivity index is 1.61. The minimum atomic E-state index is -0.504. The maximum absolute atomic E-state index is 15.2. The molecule has 1 fully saturated rings. The first-order valence-electron chi connectivity index (χ1n) is 10.3. The van der Waals surface area contributed by atoms with Crippen molar-refractivity contribution in [1.29, 1.82) is 0 Å². The molecule has 0 radical (unpaired) electrons. The van der Waals surface area contributed by atoms with E-state index in [9.17, 15) is 4.79 Å². The number of rotatable bonds is 2. The van der Waals surface area contributed by atoms with E-state index in [2.05, 4.69) is 22.0 Å². The number of aryl methyl sites for hydroxylation is 2. The number of pyridine rings is 1. The molecule has 5 rings (SSSR count). The standard InChI is InChI=1S/C23H24FN5O/c1-14-10-20(26-29-13-15(2)25-22(14)29)17-11-16-4-9-28(18-5-7-27(3)8-6-18)23(30)21(16)19(24)12-17/h4,9-13,18H,5-8H2,1-3H3. The van der Waals surface area contributed by atoms with Crippen LogP contribution in [0.15, 0.2) is 41.5 Å². The Hall–Kier alpha value is -3.06. The number of likely N-dealkylation sites (tertiary alicyclic amines) is 1. The highest BCUT2D eigenvalue weighted by atomic mass is 19.1. The van der Waals surface area contributed by atoms with E-state index in [-0.39, 0.29) is 17.0 Å². The molecule has 4 aromatic rings. The average molecular weight is 405 g/mol. The highest BCUT2D eigenvalue weighted by Gasteiger charge is 2.21. The molecule has 0 N–H and O–H groups in total. The Labute approximate surface area is 173 Å². The van der Waals surface area contributed by atoms with Gasteiger partial charge in [0.1, 0.15) is 5.82 Å². The van der Waals surface area contributed by atoms with E-state index in [4.69, 9.17) is 0 Å². The molecule has 154 valence electrons. The van der Waals surface area contributed by atoms with Crippen LogP contribution in [0, 0.1) is 19.7 Å². The summed E-state index contributed by atoms with van der Waals surface area (Å²) >= 11 is 0. The van der Waals surface area contributed by atoms with Gasteiger partial charge in [-0.05, 0) is 82.0 Å². The molecule has 0 unspecified atom stereocenters. The maximum Gasteiger partial charge on any atom is 0.261 e. The van der Waals surface area contributed by atoms with Crippen molar-refractivity contribution in [2.24, 2.45) is 0 Å². The van der Waals surface area contributed by atoms with Gasteiger partial charge in [0, 0.05) is 17.8 Å². The Bertz CT molecular complexity index is 1330. The molecule has 0 atom stereocenters. The quantitative estimate of drug-likeness (QED) is 0.510. The van der Waals surface area contributed by atoms with Crippen molar-refractivity contribution in [2.45, 2.75) is 32.7 Å². The summed E-state index contributed by atoms with van der Waals surface area (Å²) < 4.78 is 18.6. The normalized spacial score (nSPS) is 16.0. The molecule has 3 aromatic heterocycles. The molecule has 7 heteroatoms. The van der Waals surface area contributed by atoms with Gasteiger partial charge in [-0.1, -0.05) is 0 Å². The zero-order valence-electron chi connectivity index (χ0n) is 17.4. The molecule has 1 saturated heterocycles. The SMILES string of the molecule is Cc1cn2nc(-c3cc(F)c4c(=O)n(C5CCN(C)CC5)ccc4c3)cc(C)c2n1. The van der Waals surface area contributed by atoms with Crippen molar-refractivity contribution in [3.05, 3.63) is 64.1 Å². The van der Waals surface area contributed by atoms with Gasteiger partial charge in [0.05, 0.1) is 23.0 Å². The Morgan fingerprint density at radius 2 is 1.90 bits per heavy atom. The number of piperidine rings is 1. The van der Waals surface area contributed by atoms with E-state index in [1.807, 2.05) is 44.4 Å². The predicted octanol–water partition coefficient (Wildman–Crippen LogP) is 3.73. The van der Waals surface area contributed by atoms with Crippen molar-refractivity contribution < 1.29 is 4.39 Å². The minimum absolute atomic E-state index is 0.119. The van der Waals surface area contributed by atoms with E-state index in [1.165, 1.54) is 6.07 Å². The predicted molar refractivity (Wildman–Crippen MR) is 115 cm³/mol. The van der Waals surface area contributed by atoms with Crippen LogP contribution in [0.3, 0.4) is 0 Å². The number of fused-ring (bicyclic) bond motifs is 2. The fraction of sp³-hybridized carbons (Fsp3) is 0.348. The number of benzene rings is 1. The molecule has 0 spiro atoms. The summed E-state index contributed by atoms with van der Waals surface area (Å²) in [7, 11) is 2.08. The molecular formula is C23H24FN5O. The van der Waals surface area contributed by atoms with Gasteiger partial charge in [-0.25, -0.2) is 13.9 Å². The molecule has 6 nitrogen and oxygen atoms in total. The second kappa shape index (κ2) is 7.02. The van der Waals surface area contributed by atoms with Crippen LogP contribution in [0.25, 0.3) is 27.7 Å². The van der Waals surface area contributed by atoms with Crippen LogP contribution in [0.5, 0.6) is 0 Å². The Kier molecular flexibility index (Phi) is 4.43. The molecule has 0 saturated carbocycles. The number of aromatic nitrogens is 4. The number of halogens is 1. The topological polar surface area (TPSA) is 55.4 Å². The van der Waals surface area contributed by atoms with Crippen LogP contribution >= 0.6 is 0 Å². The van der Waals surface area contributed by atoms with Crippen LogP contribution in [-0.4, -0.2) is 44.2 Å². The highest BCUT2D eigenvalue weighted by Crippen LogP contribution is 2.27.